The van der Waals surface area contributed by atoms with E-state index < -0.39 is 0 Å². The van der Waals surface area contributed by atoms with E-state index >= 15 is 0 Å². The predicted octanol–water partition coefficient (Wildman–Crippen LogP) is 3.87. The molecule has 6 nitrogen and oxygen atoms in total. The van der Waals surface area contributed by atoms with Crippen LogP contribution >= 0.6 is 0 Å². The second-order valence-electron chi connectivity index (χ2n) is 7.02. The summed E-state index contributed by atoms with van der Waals surface area (Å²) in [6, 6.07) is 21.0. The molecule has 29 heavy (non-hydrogen) atoms. The minimum Gasteiger partial charge on any atom is -0.378 e. The van der Waals surface area contributed by atoms with Gasteiger partial charge in [0.1, 0.15) is 0 Å². The minimum atomic E-state index is -0.166. The predicted molar refractivity (Wildman–Crippen MR) is 114 cm³/mol. The third kappa shape index (κ3) is 3.62. The zero-order valence-electron chi connectivity index (χ0n) is 15.8. The Morgan fingerprint density at radius 3 is 2.21 bits per heavy atom. The average Bonchev–Trinajstić information content (AvgIpc) is 2.78. The number of carbonyl (C=O) groups is 1. The Balaban J connectivity index is 1.35. The first-order chi connectivity index (χ1) is 14.3. The number of fused-ring (bicyclic) bond motifs is 2. The van der Waals surface area contributed by atoms with Gasteiger partial charge in [0, 0.05) is 30.0 Å². The van der Waals surface area contributed by atoms with E-state index in [1.54, 1.807) is 12.1 Å². The third-order valence-electron chi connectivity index (χ3n) is 5.10. The van der Waals surface area contributed by atoms with Gasteiger partial charge in [-0.15, -0.1) is 0 Å². The van der Waals surface area contributed by atoms with Gasteiger partial charge < -0.3 is 15.0 Å². The van der Waals surface area contributed by atoms with E-state index in [-0.39, 0.29) is 5.91 Å². The SMILES string of the molecule is O=C(Nc1ccc(N2CCOCC2)cc1)c1ccc2nc3ccccc3nc2c1. The number of benzene rings is 3. The second kappa shape index (κ2) is 7.48. The number of ether oxygens (including phenoxy) is 1. The Hall–Kier alpha value is -3.51. The van der Waals surface area contributed by atoms with Crippen molar-refractivity contribution in [3.8, 4) is 0 Å². The van der Waals surface area contributed by atoms with Crippen LogP contribution in [0, 0.1) is 0 Å². The van der Waals surface area contributed by atoms with Crippen molar-refractivity contribution in [1.82, 2.24) is 9.97 Å². The highest BCUT2D eigenvalue weighted by Crippen LogP contribution is 2.21. The lowest BCUT2D eigenvalue weighted by Gasteiger charge is -2.28. The van der Waals surface area contributed by atoms with E-state index in [0.717, 1.165) is 54.2 Å². The number of hydrogen-bond donors (Lipinski definition) is 1. The fourth-order valence-electron chi connectivity index (χ4n) is 3.54. The summed E-state index contributed by atoms with van der Waals surface area (Å²) in [7, 11) is 0. The quantitative estimate of drug-likeness (QED) is 0.543. The number of hydrogen-bond acceptors (Lipinski definition) is 5. The lowest BCUT2D eigenvalue weighted by molar-refractivity contribution is 0.102. The molecule has 1 aliphatic rings. The van der Waals surface area contributed by atoms with Gasteiger partial charge in [0.2, 0.25) is 0 Å². The highest BCUT2D eigenvalue weighted by Gasteiger charge is 2.12. The molecule has 1 aliphatic heterocycles. The van der Waals surface area contributed by atoms with Gasteiger partial charge in [-0.05, 0) is 54.6 Å². The van der Waals surface area contributed by atoms with Gasteiger partial charge in [0.15, 0.2) is 0 Å². The number of anilines is 2. The Morgan fingerprint density at radius 1 is 0.828 bits per heavy atom. The van der Waals surface area contributed by atoms with Crippen LogP contribution in [0.3, 0.4) is 0 Å². The molecule has 2 heterocycles. The number of morpholine rings is 1. The summed E-state index contributed by atoms with van der Waals surface area (Å²) >= 11 is 0. The molecule has 0 aliphatic carbocycles. The van der Waals surface area contributed by atoms with Crippen molar-refractivity contribution in [2.75, 3.05) is 36.5 Å². The number of rotatable bonds is 3. The zero-order chi connectivity index (χ0) is 19.6. The Morgan fingerprint density at radius 2 is 1.48 bits per heavy atom. The molecule has 6 heteroatoms. The van der Waals surface area contributed by atoms with Gasteiger partial charge in [0.05, 0.1) is 35.3 Å². The molecule has 0 saturated carbocycles. The minimum absolute atomic E-state index is 0.166. The molecule has 1 saturated heterocycles. The van der Waals surface area contributed by atoms with Crippen molar-refractivity contribution in [3.63, 3.8) is 0 Å². The van der Waals surface area contributed by atoms with E-state index in [4.69, 9.17) is 4.74 Å². The fraction of sp³-hybridized carbons (Fsp3) is 0.174. The maximum Gasteiger partial charge on any atom is 0.255 e. The summed E-state index contributed by atoms with van der Waals surface area (Å²) in [5.74, 6) is -0.166. The molecular formula is C23H20N4O2. The number of amides is 1. The van der Waals surface area contributed by atoms with E-state index in [9.17, 15) is 4.79 Å². The van der Waals surface area contributed by atoms with Crippen molar-refractivity contribution in [1.29, 1.82) is 0 Å². The van der Waals surface area contributed by atoms with Crippen molar-refractivity contribution in [3.05, 3.63) is 72.3 Å². The lowest BCUT2D eigenvalue weighted by Crippen LogP contribution is -2.36. The normalized spacial score (nSPS) is 14.3. The molecule has 3 aromatic carbocycles. The second-order valence-corrected chi connectivity index (χ2v) is 7.02. The maximum atomic E-state index is 12.7. The van der Waals surface area contributed by atoms with Crippen LogP contribution in [0.25, 0.3) is 22.1 Å². The van der Waals surface area contributed by atoms with Crippen LogP contribution in [-0.4, -0.2) is 42.2 Å². The third-order valence-corrected chi connectivity index (χ3v) is 5.10. The van der Waals surface area contributed by atoms with Crippen LogP contribution in [-0.2, 0) is 4.74 Å². The summed E-state index contributed by atoms with van der Waals surface area (Å²) < 4.78 is 5.39. The molecule has 0 unspecified atom stereocenters. The van der Waals surface area contributed by atoms with Crippen LogP contribution in [0.15, 0.2) is 66.7 Å². The van der Waals surface area contributed by atoms with Gasteiger partial charge in [-0.3, -0.25) is 4.79 Å². The largest absolute Gasteiger partial charge is 0.378 e. The van der Waals surface area contributed by atoms with Crippen LogP contribution in [0.1, 0.15) is 10.4 Å². The van der Waals surface area contributed by atoms with Gasteiger partial charge in [-0.25, -0.2) is 9.97 Å². The molecular weight excluding hydrogens is 364 g/mol. The molecule has 4 aromatic rings. The first-order valence-electron chi connectivity index (χ1n) is 9.67. The van der Waals surface area contributed by atoms with Crippen molar-refractivity contribution < 1.29 is 9.53 Å². The number of para-hydroxylation sites is 2. The van der Waals surface area contributed by atoms with E-state index in [0.29, 0.717) is 11.1 Å². The zero-order valence-corrected chi connectivity index (χ0v) is 15.8. The number of carbonyl (C=O) groups excluding carboxylic acids is 1. The van der Waals surface area contributed by atoms with Gasteiger partial charge >= 0.3 is 0 Å². The summed E-state index contributed by atoms with van der Waals surface area (Å²) in [4.78, 5) is 24.2. The highest BCUT2D eigenvalue weighted by atomic mass is 16.5. The number of aromatic nitrogens is 2. The molecule has 0 bridgehead atoms. The Bertz CT molecular complexity index is 1180. The molecule has 1 fully saturated rings. The molecule has 1 aromatic heterocycles. The van der Waals surface area contributed by atoms with Gasteiger partial charge in [-0.1, -0.05) is 12.1 Å². The summed E-state index contributed by atoms with van der Waals surface area (Å²) in [6.07, 6.45) is 0. The standard InChI is InChI=1S/C23H20N4O2/c28-23(24-17-6-8-18(9-7-17)27-11-13-29-14-12-27)16-5-10-21-22(15-16)26-20-4-2-1-3-19(20)25-21/h1-10,15H,11-14H2,(H,24,28). The van der Waals surface area contributed by atoms with Gasteiger partial charge in [-0.2, -0.15) is 0 Å². The number of nitrogens with zero attached hydrogens (tertiary/aromatic N) is 3. The van der Waals surface area contributed by atoms with Crippen molar-refractivity contribution in [2.45, 2.75) is 0 Å². The van der Waals surface area contributed by atoms with Gasteiger partial charge in [0.25, 0.3) is 5.91 Å². The van der Waals surface area contributed by atoms with E-state index in [1.165, 1.54) is 0 Å². The Labute approximate surface area is 168 Å². The molecule has 0 spiro atoms. The first kappa shape index (κ1) is 17.6. The van der Waals surface area contributed by atoms with Crippen LogP contribution in [0.2, 0.25) is 0 Å². The molecule has 1 amide bonds. The van der Waals surface area contributed by atoms with Crippen molar-refractivity contribution >= 4 is 39.3 Å². The highest BCUT2D eigenvalue weighted by molar-refractivity contribution is 6.06. The number of nitrogens with one attached hydrogen (secondary N) is 1. The monoisotopic (exact) mass is 384 g/mol. The molecule has 0 atom stereocenters. The average molecular weight is 384 g/mol. The van der Waals surface area contributed by atoms with Crippen LogP contribution < -0.4 is 10.2 Å². The van der Waals surface area contributed by atoms with Crippen molar-refractivity contribution in [2.24, 2.45) is 0 Å². The smallest absolute Gasteiger partial charge is 0.255 e. The summed E-state index contributed by atoms with van der Waals surface area (Å²) in [5.41, 5.74) is 5.60. The fourth-order valence-corrected chi connectivity index (χ4v) is 3.54. The first-order valence-corrected chi connectivity index (χ1v) is 9.67. The molecule has 1 N–H and O–H groups in total. The van der Waals surface area contributed by atoms with Crippen LogP contribution in [0.5, 0.6) is 0 Å². The summed E-state index contributed by atoms with van der Waals surface area (Å²) in [6.45, 7) is 3.27. The van der Waals surface area contributed by atoms with Crippen LogP contribution in [0.4, 0.5) is 11.4 Å². The summed E-state index contributed by atoms with van der Waals surface area (Å²) in [5, 5.41) is 2.96. The van der Waals surface area contributed by atoms with E-state index in [2.05, 4.69) is 20.2 Å². The molecule has 5 rings (SSSR count). The Kier molecular flexibility index (Phi) is 4.54. The lowest BCUT2D eigenvalue weighted by atomic mass is 10.1. The van der Waals surface area contributed by atoms with E-state index in [1.807, 2.05) is 54.6 Å². The maximum absolute atomic E-state index is 12.7. The molecule has 144 valence electrons. The topological polar surface area (TPSA) is 67.4 Å². The molecule has 0 radical (unpaired) electrons.